The third-order valence-electron chi connectivity index (χ3n) is 2.59. The van der Waals surface area contributed by atoms with Crippen LogP contribution < -0.4 is 5.32 Å². The highest BCUT2D eigenvalue weighted by molar-refractivity contribution is 6.36. The van der Waals surface area contributed by atoms with Gasteiger partial charge in [-0.25, -0.2) is 0 Å². The Balaban J connectivity index is 2.67. The number of hydrogen-bond acceptors (Lipinski definition) is 1. The van der Waals surface area contributed by atoms with Gasteiger partial charge in [0.25, 0.3) is 5.91 Å². The molecule has 1 rings (SSSR count). The second-order valence-electron chi connectivity index (χ2n) is 4.08. The van der Waals surface area contributed by atoms with E-state index >= 15 is 0 Å². The highest BCUT2D eigenvalue weighted by atomic mass is 35.5. The van der Waals surface area contributed by atoms with E-state index in [0.29, 0.717) is 22.2 Å². The summed E-state index contributed by atoms with van der Waals surface area (Å²) in [5.74, 6) is 0.0461. The summed E-state index contributed by atoms with van der Waals surface area (Å²) in [4.78, 5) is 11.8. The van der Waals surface area contributed by atoms with Crippen molar-refractivity contribution in [3.8, 4) is 0 Å². The van der Waals surface area contributed by atoms with E-state index < -0.39 is 0 Å². The van der Waals surface area contributed by atoms with Crippen LogP contribution in [0.3, 0.4) is 0 Å². The van der Waals surface area contributed by atoms with Crippen molar-refractivity contribution in [3.63, 3.8) is 0 Å². The van der Waals surface area contributed by atoms with Crippen LogP contribution in [0.25, 0.3) is 0 Å². The fourth-order valence-corrected chi connectivity index (χ4v) is 1.68. The Morgan fingerprint density at radius 2 is 2.12 bits per heavy atom. The first-order chi connectivity index (χ1) is 7.91. The SMILES string of the molecule is C=C(C)[C@H](C)CNC(=O)c1ccc(Cl)cc1Cl. The Morgan fingerprint density at radius 1 is 1.47 bits per heavy atom. The Labute approximate surface area is 112 Å². The fourth-order valence-electron chi connectivity index (χ4n) is 1.19. The topological polar surface area (TPSA) is 29.1 Å². The van der Waals surface area contributed by atoms with Gasteiger partial charge < -0.3 is 5.32 Å². The third-order valence-corrected chi connectivity index (χ3v) is 3.13. The molecule has 92 valence electrons. The molecule has 1 aromatic rings. The van der Waals surface area contributed by atoms with Crippen molar-refractivity contribution in [2.24, 2.45) is 5.92 Å². The van der Waals surface area contributed by atoms with Crippen LogP contribution in [0, 0.1) is 5.92 Å². The molecule has 0 heterocycles. The quantitative estimate of drug-likeness (QED) is 0.826. The number of amides is 1. The second kappa shape index (κ2) is 6.08. The lowest BCUT2D eigenvalue weighted by atomic mass is 10.0. The molecule has 0 radical (unpaired) electrons. The molecule has 0 spiro atoms. The summed E-state index contributed by atoms with van der Waals surface area (Å²) in [5.41, 5.74) is 1.47. The van der Waals surface area contributed by atoms with E-state index in [1.54, 1.807) is 18.2 Å². The second-order valence-corrected chi connectivity index (χ2v) is 4.93. The number of carbonyl (C=O) groups excluding carboxylic acids is 1. The maximum atomic E-state index is 11.8. The average Bonchev–Trinajstić information content (AvgIpc) is 2.25. The van der Waals surface area contributed by atoms with E-state index in [4.69, 9.17) is 23.2 Å². The van der Waals surface area contributed by atoms with Crippen molar-refractivity contribution < 1.29 is 4.79 Å². The van der Waals surface area contributed by atoms with Crippen LogP contribution in [0.2, 0.25) is 10.0 Å². The van der Waals surface area contributed by atoms with Crippen molar-refractivity contribution in [1.82, 2.24) is 5.32 Å². The molecule has 2 nitrogen and oxygen atoms in total. The first-order valence-corrected chi connectivity index (χ1v) is 6.06. The smallest absolute Gasteiger partial charge is 0.252 e. The van der Waals surface area contributed by atoms with Gasteiger partial charge in [0.2, 0.25) is 0 Å². The zero-order valence-electron chi connectivity index (χ0n) is 9.89. The number of benzene rings is 1. The van der Waals surface area contributed by atoms with Gasteiger partial charge in [0.05, 0.1) is 10.6 Å². The maximum absolute atomic E-state index is 11.8. The maximum Gasteiger partial charge on any atom is 0.252 e. The van der Waals surface area contributed by atoms with Crippen molar-refractivity contribution in [2.75, 3.05) is 6.54 Å². The molecule has 0 unspecified atom stereocenters. The number of rotatable bonds is 4. The van der Waals surface area contributed by atoms with E-state index in [1.807, 2.05) is 13.8 Å². The molecule has 1 N–H and O–H groups in total. The van der Waals surface area contributed by atoms with Crippen molar-refractivity contribution in [3.05, 3.63) is 46.0 Å². The van der Waals surface area contributed by atoms with E-state index in [9.17, 15) is 4.79 Å². The van der Waals surface area contributed by atoms with Crippen LogP contribution in [0.15, 0.2) is 30.4 Å². The van der Waals surface area contributed by atoms with Gasteiger partial charge in [-0.2, -0.15) is 0 Å². The lowest BCUT2D eigenvalue weighted by molar-refractivity contribution is 0.0950. The summed E-state index contributed by atoms with van der Waals surface area (Å²) < 4.78 is 0. The number of nitrogens with one attached hydrogen (secondary N) is 1. The van der Waals surface area contributed by atoms with Crippen LogP contribution in [0.4, 0.5) is 0 Å². The zero-order chi connectivity index (χ0) is 13.0. The van der Waals surface area contributed by atoms with E-state index in [0.717, 1.165) is 5.57 Å². The van der Waals surface area contributed by atoms with Crippen LogP contribution in [-0.2, 0) is 0 Å². The third kappa shape index (κ3) is 4.06. The summed E-state index contributed by atoms with van der Waals surface area (Å²) in [6, 6.07) is 4.82. The highest BCUT2D eigenvalue weighted by Crippen LogP contribution is 2.20. The van der Waals surface area contributed by atoms with Crippen LogP contribution in [0.5, 0.6) is 0 Å². The standard InChI is InChI=1S/C13H15Cl2NO/c1-8(2)9(3)7-16-13(17)11-5-4-10(14)6-12(11)15/h4-6,9H,1,7H2,2-3H3,(H,16,17)/t9-/m1/s1. The lowest BCUT2D eigenvalue weighted by Crippen LogP contribution is -2.28. The molecule has 0 aromatic heterocycles. The predicted molar refractivity (Wildman–Crippen MR) is 72.8 cm³/mol. The monoisotopic (exact) mass is 271 g/mol. The molecule has 17 heavy (non-hydrogen) atoms. The fraction of sp³-hybridized carbons (Fsp3) is 0.308. The van der Waals surface area contributed by atoms with E-state index in [-0.39, 0.29) is 11.8 Å². The Bertz CT molecular complexity index is 443. The first kappa shape index (κ1) is 14.1. The summed E-state index contributed by atoms with van der Waals surface area (Å²) in [5, 5.41) is 3.69. The largest absolute Gasteiger partial charge is 0.351 e. The molecule has 0 saturated heterocycles. The minimum atomic E-state index is -0.195. The van der Waals surface area contributed by atoms with E-state index in [2.05, 4.69) is 11.9 Å². The van der Waals surface area contributed by atoms with Gasteiger partial charge in [0.15, 0.2) is 0 Å². The normalized spacial score (nSPS) is 12.0. The summed E-state index contributed by atoms with van der Waals surface area (Å²) in [6.07, 6.45) is 0. The number of carbonyl (C=O) groups is 1. The molecule has 0 aliphatic carbocycles. The Kier molecular flexibility index (Phi) is 5.03. The minimum absolute atomic E-state index is 0.195. The Hall–Kier alpha value is -0.990. The molecule has 1 amide bonds. The summed E-state index contributed by atoms with van der Waals surface area (Å²) >= 11 is 11.7. The van der Waals surface area contributed by atoms with Crippen LogP contribution in [-0.4, -0.2) is 12.5 Å². The minimum Gasteiger partial charge on any atom is -0.351 e. The van der Waals surface area contributed by atoms with Gasteiger partial charge in [-0.05, 0) is 31.0 Å². The molecule has 1 aromatic carbocycles. The van der Waals surface area contributed by atoms with Crippen molar-refractivity contribution in [2.45, 2.75) is 13.8 Å². The van der Waals surface area contributed by atoms with Gasteiger partial charge in [-0.1, -0.05) is 42.3 Å². The van der Waals surface area contributed by atoms with Gasteiger partial charge >= 0.3 is 0 Å². The molecule has 0 aliphatic heterocycles. The molecule has 0 aliphatic rings. The molecular formula is C13H15Cl2NO. The van der Waals surface area contributed by atoms with Crippen LogP contribution >= 0.6 is 23.2 Å². The summed E-state index contributed by atoms with van der Waals surface area (Å²) in [7, 11) is 0. The molecule has 0 bridgehead atoms. The summed E-state index contributed by atoms with van der Waals surface area (Å²) in [6.45, 7) is 8.33. The van der Waals surface area contributed by atoms with Crippen LogP contribution in [0.1, 0.15) is 24.2 Å². The van der Waals surface area contributed by atoms with Gasteiger partial charge in [-0.3, -0.25) is 4.79 Å². The van der Waals surface area contributed by atoms with E-state index in [1.165, 1.54) is 0 Å². The lowest BCUT2D eigenvalue weighted by Gasteiger charge is -2.12. The predicted octanol–water partition coefficient (Wildman–Crippen LogP) is 3.94. The van der Waals surface area contributed by atoms with Gasteiger partial charge in [0.1, 0.15) is 0 Å². The molecular weight excluding hydrogens is 257 g/mol. The van der Waals surface area contributed by atoms with Crippen molar-refractivity contribution >= 4 is 29.1 Å². The molecule has 0 saturated carbocycles. The molecule has 1 atom stereocenters. The number of hydrogen-bond donors (Lipinski definition) is 1. The average molecular weight is 272 g/mol. The van der Waals surface area contributed by atoms with Gasteiger partial charge in [-0.15, -0.1) is 0 Å². The van der Waals surface area contributed by atoms with Crippen molar-refractivity contribution in [1.29, 1.82) is 0 Å². The van der Waals surface area contributed by atoms with Gasteiger partial charge in [0, 0.05) is 11.6 Å². The highest BCUT2D eigenvalue weighted by Gasteiger charge is 2.11. The Morgan fingerprint density at radius 3 is 2.65 bits per heavy atom. The number of halogens is 2. The zero-order valence-corrected chi connectivity index (χ0v) is 11.4. The molecule has 4 heteroatoms. The molecule has 0 fully saturated rings. The first-order valence-electron chi connectivity index (χ1n) is 5.30.